The summed E-state index contributed by atoms with van der Waals surface area (Å²) in [7, 11) is 0. The van der Waals surface area contributed by atoms with Gasteiger partial charge in [-0.25, -0.2) is 9.59 Å². The summed E-state index contributed by atoms with van der Waals surface area (Å²) in [6.45, 7) is 4.07. The number of carbonyl (C=O) groups is 3. The molecule has 0 radical (unpaired) electrons. The van der Waals surface area contributed by atoms with Gasteiger partial charge in [0.25, 0.3) is 0 Å². The highest BCUT2D eigenvalue weighted by molar-refractivity contribution is 6.31. The Morgan fingerprint density at radius 1 is 1.19 bits per heavy atom. The SMILES string of the molecule is Cc1ccc(NC(=O)OCc2ccc3cc(N4CCC(=O)NC4=O)c(C)nc3c2)cc1Cl. The van der Waals surface area contributed by atoms with Crippen LogP contribution < -0.4 is 15.5 Å². The summed E-state index contributed by atoms with van der Waals surface area (Å²) < 4.78 is 5.31. The van der Waals surface area contributed by atoms with Crippen LogP contribution in [0.25, 0.3) is 10.9 Å². The van der Waals surface area contributed by atoms with Crippen molar-refractivity contribution in [2.75, 3.05) is 16.8 Å². The van der Waals surface area contributed by atoms with E-state index in [1.165, 1.54) is 4.90 Å². The minimum atomic E-state index is -0.588. The van der Waals surface area contributed by atoms with Crippen molar-refractivity contribution in [2.24, 2.45) is 0 Å². The third-order valence-electron chi connectivity index (χ3n) is 5.18. The van der Waals surface area contributed by atoms with Gasteiger partial charge in [-0.1, -0.05) is 29.8 Å². The number of anilines is 2. The highest BCUT2D eigenvalue weighted by Crippen LogP contribution is 2.26. The smallest absolute Gasteiger partial charge is 0.411 e. The molecule has 0 spiro atoms. The molecule has 1 saturated heterocycles. The molecule has 0 bridgehead atoms. The van der Waals surface area contributed by atoms with Crippen LogP contribution in [-0.4, -0.2) is 29.6 Å². The van der Waals surface area contributed by atoms with Crippen LogP contribution in [0.15, 0.2) is 42.5 Å². The van der Waals surface area contributed by atoms with E-state index in [4.69, 9.17) is 16.3 Å². The Morgan fingerprint density at radius 2 is 2.00 bits per heavy atom. The number of urea groups is 1. The summed E-state index contributed by atoms with van der Waals surface area (Å²) in [5, 5.41) is 6.36. The second-order valence-corrected chi connectivity index (χ2v) is 7.95. The van der Waals surface area contributed by atoms with Gasteiger partial charge in [-0.05, 0) is 49.2 Å². The average Bonchev–Trinajstić information content (AvgIpc) is 2.75. The molecule has 2 N–H and O–H groups in total. The van der Waals surface area contributed by atoms with Crippen LogP contribution in [-0.2, 0) is 16.1 Å². The Kier molecular flexibility index (Phi) is 5.96. The van der Waals surface area contributed by atoms with E-state index in [0.717, 1.165) is 16.5 Å². The minimum Gasteiger partial charge on any atom is -0.444 e. The lowest BCUT2D eigenvalue weighted by Crippen LogP contribution is -2.49. The van der Waals surface area contributed by atoms with Crippen LogP contribution in [0.1, 0.15) is 23.2 Å². The Balaban J connectivity index is 1.45. The molecule has 8 nitrogen and oxygen atoms in total. The lowest BCUT2D eigenvalue weighted by Gasteiger charge is -2.27. The zero-order valence-corrected chi connectivity index (χ0v) is 18.3. The number of imide groups is 1. The van der Waals surface area contributed by atoms with Gasteiger partial charge in [0.1, 0.15) is 6.61 Å². The van der Waals surface area contributed by atoms with E-state index < -0.39 is 12.1 Å². The molecule has 0 atom stereocenters. The highest BCUT2D eigenvalue weighted by atomic mass is 35.5. The molecule has 0 saturated carbocycles. The van der Waals surface area contributed by atoms with Gasteiger partial charge in [0.2, 0.25) is 5.91 Å². The van der Waals surface area contributed by atoms with Gasteiger partial charge in [0.15, 0.2) is 0 Å². The van der Waals surface area contributed by atoms with Crippen molar-refractivity contribution in [3.8, 4) is 0 Å². The van der Waals surface area contributed by atoms with Crippen LogP contribution in [0.4, 0.5) is 21.0 Å². The van der Waals surface area contributed by atoms with Crippen molar-refractivity contribution in [2.45, 2.75) is 26.9 Å². The first-order valence-electron chi connectivity index (χ1n) is 10.0. The minimum absolute atomic E-state index is 0.0699. The predicted molar refractivity (Wildman–Crippen MR) is 122 cm³/mol. The van der Waals surface area contributed by atoms with E-state index in [1.807, 2.05) is 44.2 Å². The van der Waals surface area contributed by atoms with Gasteiger partial charge >= 0.3 is 12.1 Å². The Hall–Kier alpha value is -3.65. The maximum Gasteiger partial charge on any atom is 0.411 e. The van der Waals surface area contributed by atoms with E-state index in [0.29, 0.717) is 34.2 Å². The lowest BCUT2D eigenvalue weighted by molar-refractivity contribution is -0.120. The number of hydrogen-bond acceptors (Lipinski definition) is 5. The monoisotopic (exact) mass is 452 g/mol. The number of benzene rings is 2. The largest absolute Gasteiger partial charge is 0.444 e. The number of carbonyl (C=O) groups excluding carboxylic acids is 3. The number of rotatable bonds is 4. The number of amides is 4. The molecule has 0 unspecified atom stereocenters. The number of nitrogens with one attached hydrogen (secondary N) is 2. The number of pyridine rings is 1. The second kappa shape index (κ2) is 8.84. The average molecular weight is 453 g/mol. The fourth-order valence-corrected chi connectivity index (χ4v) is 3.61. The van der Waals surface area contributed by atoms with Gasteiger partial charge in [-0.3, -0.25) is 25.3 Å². The Morgan fingerprint density at radius 3 is 2.75 bits per heavy atom. The van der Waals surface area contributed by atoms with Gasteiger partial charge in [-0.15, -0.1) is 0 Å². The Bertz CT molecular complexity index is 1240. The number of halogens is 1. The van der Waals surface area contributed by atoms with Gasteiger partial charge in [0.05, 0.1) is 16.9 Å². The number of nitrogens with zero attached hydrogens (tertiary/aromatic N) is 2. The molecule has 1 fully saturated rings. The zero-order chi connectivity index (χ0) is 22.8. The van der Waals surface area contributed by atoms with Crippen LogP contribution >= 0.6 is 11.6 Å². The highest BCUT2D eigenvalue weighted by Gasteiger charge is 2.26. The third kappa shape index (κ3) is 4.65. The molecule has 2 heterocycles. The number of aromatic nitrogens is 1. The number of fused-ring (bicyclic) bond motifs is 1. The van der Waals surface area contributed by atoms with Crippen molar-refractivity contribution in [1.29, 1.82) is 0 Å². The zero-order valence-electron chi connectivity index (χ0n) is 17.6. The number of hydrogen-bond donors (Lipinski definition) is 2. The molecule has 9 heteroatoms. The first kappa shape index (κ1) is 21.6. The molecular formula is C23H21ClN4O4. The van der Waals surface area contributed by atoms with Crippen LogP contribution in [0.2, 0.25) is 5.02 Å². The van der Waals surface area contributed by atoms with Crippen LogP contribution in [0.3, 0.4) is 0 Å². The van der Waals surface area contributed by atoms with Crippen molar-refractivity contribution in [1.82, 2.24) is 10.3 Å². The molecule has 1 aliphatic rings. The molecule has 1 aromatic heterocycles. The first-order chi connectivity index (χ1) is 15.3. The summed E-state index contributed by atoms with van der Waals surface area (Å²) >= 11 is 6.07. The van der Waals surface area contributed by atoms with E-state index in [9.17, 15) is 14.4 Å². The fourth-order valence-electron chi connectivity index (χ4n) is 3.43. The molecule has 1 aliphatic heterocycles. The lowest BCUT2D eigenvalue weighted by atomic mass is 10.1. The van der Waals surface area contributed by atoms with Gasteiger partial charge in [0, 0.05) is 29.1 Å². The fraction of sp³-hybridized carbons (Fsp3) is 0.217. The summed E-state index contributed by atoms with van der Waals surface area (Å²) in [5.41, 5.74) is 4.28. The van der Waals surface area contributed by atoms with Crippen molar-refractivity contribution in [3.63, 3.8) is 0 Å². The quantitative estimate of drug-likeness (QED) is 0.597. The maximum atomic E-state index is 12.2. The van der Waals surface area contributed by atoms with Crippen molar-refractivity contribution in [3.05, 3.63) is 64.3 Å². The van der Waals surface area contributed by atoms with E-state index in [1.54, 1.807) is 12.1 Å². The molecule has 164 valence electrons. The first-order valence-corrected chi connectivity index (χ1v) is 10.4. The van der Waals surface area contributed by atoms with E-state index in [-0.39, 0.29) is 18.9 Å². The molecule has 4 rings (SSSR count). The summed E-state index contributed by atoms with van der Waals surface area (Å²) in [5.74, 6) is -0.281. The van der Waals surface area contributed by atoms with Gasteiger partial charge < -0.3 is 4.74 Å². The van der Waals surface area contributed by atoms with E-state index >= 15 is 0 Å². The predicted octanol–water partition coefficient (Wildman–Crippen LogP) is 4.70. The van der Waals surface area contributed by atoms with Crippen LogP contribution in [0, 0.1) is 13.8 Å². The van der Waals surface area contributed by atoms with Crippen molar-refractivity contribution >= 4 is 51.9 Å². The molecule has 0 aliphatic carbocycles. The van der Waals surface area contributed by atoms with Crippen molar-refractivity contribution < 1.29 is 19.1 Å². The third-order valence-corrected chi connectivity index (χ3v) is 5.59. The topological polar surface area (TPSA) is 101 Å². The summed E-state index contributed by atoms with van der Waals surface area (Å²) in [6.07, 6.45) is -0.341. The van der Waals surface area contributed by atoms with E-state index in [2.05, 4.69) is 15.6 Å². The molecule has 4 amide bonds. The Labute approximate surface area is 189 Å². The molecular weight excluding hydrogens is 432 g/mol. The standard InChI is InChI=1S/C23H21ClN4O4/c1-13-3-6-17(11-18(13)24)26-23(31)32-12-15-4-5-16-10-20(14(2)25-19(16)9-15)28-8-7-21(29)27-22(28)30/h3-6,9-11H,7-8,12H2,1-2H3,(H,26,31)(H,27,29,30). The normalized spacial score (nSPS) is 13.8. The second-order valence-electron chi connectivity index (χ2n) is 7.54. The maximum absolute atomic E-state index is 12.2. The summed E-state index contributed by atoms with van der Waals surface area (Å²) in [4.78, 5) is 41.8. The summed E-state index contributed by atoms with van der Waals surface area (Å²) in [6, 6.07) is 12.2. The van der Waals surface area contributed by atoms with Gasteiger partial charge in [-0.2, -0.15) is 0 Å². The number of aryl methyl sites for hydroxylation is 2. The number of ether oxygens (including phenoxy) is 1. The molecule has 32 heavy (non-hydrogen) atoms. The molecule has 3 aromatic rings. The van der Waals surface area contributed by atoms with Crippen LogP contribution in [0.5, 0.6) is 0 Å². The molecule has 2 aromatic carbocycles.